The second kappa shape index (κ2) is 7.95. The molecule has 0 saturated carbocycles. The summed E-state index contributed by atoms with van der Waals surface area (Å²) in [6, 6.07) is 3.16. The fourth-order valence-electron chi connectivity index (χ4n) is 3.94. The molecule has 1 aliphatic rings. The second-order valence-corrected chi connectivity index (χ2v) is 7.06. The maximum absolute atomic E-state index is 12.6. The van der Waals surface area contributed by atoms with Crippen LogP contribution in [0, 0.1) is 0 Å². The number of carbonyl (C=O) groups is 1. The van der Waals surface area contributed by atoms with Gasteiger partial charge in [0.2, 0.25) is 5.95 Å². The molecule has 0 aliphatic carbocycles. The first-order chi connectivity index (χ1) is 13.4. The number of nitrogens with zero attached hydrogens (tertiary/aromatic N) is 6. The van der Waals surface area contributed by atoms with Crippen LogP contribution in [-0.4, -0.2) is 60.8 Å². The first-order valence-electron chi connectivity index (χ1n) is 9.52. The lowest BCUT2D eigenvalue weighted by molar-refractivity contribution is 0.102. The Morgan fingerprint density at radius 2 is 2.14 bits per heavy atom. The number of rotatable bonds is 6. The van der Waals surface area contributed by atoms with E-state index < -0.39 is 11.6 Å². The van der Waals surface area contributed by atoms with E-state index in [0.29, 0.717) is 43.4 Å². The minimum Gasteiger partial charge on any atom is -0.465 e. The van der Waals surface area contributed by atoms with Crippen LogP contribution in [0.2, 0.25) is 0 Å². The van der Waals surface area contributed by atoms with Gasteiger partial charge in [0, 0.05) is 38.9 Å². The Hall–Kier alpha value is -2.97. The molecule has 1 fully saturated rings. The Labute approximate surface area is 163 Å². The molecule has 28 heavy (non-hydrogen) atoms. The normalized spacial score (nSPS) is 19.0. The predicted octanol–water partition coefficient (Wildman–Crippen LogP) is 1.99. The van der Waals surface area contributed by atoms with Crippen molar-refractivity contribution >= 4 is 12.0 Å². The van der Waals surface area contributed by atoms with Crippen molar-refractivity contribution in [3.8, 4) is 11.4 Å². The largest absolute Gasteiger partial charge is 0.465 e. The van der Waals surface area contributed by atoms with Gasteiger partial charge in [-0.3, -0.25) is 9.36 Å². The number of hydrogen-bond donors (Lipinski definition) is 1. The van der Waals surface area contributed by atoms with Crippen molar-refractivity contribution in [3.05, 3.63) is 35.0 Å². The summed E-state index contributed by atoms with van der Waals surface area (Å²) in [5, 5.41) is 9.65. The van der Waals surface area contributed by atoms with Crippen molar-refractivity contribution in [2.75, 3.05) is 24.5 Å². The van der Waals surface area contributed by atoms with Gasteiger partial charge in [0.1, 0.15) is 6.33 Å². The van der Waals surface area contributed by atoms with Gasteiger partial charge in [-0.25, -0.2) is 19.7 Å². The summed E-state index contributed by atoms with van der Waals surface area (Å²) in [4.78, 5) is 40.6. The van der Waals surface area contributed by atoms with Gasteiger partial charge in [0.25, 0.3) is 5.56 Å². The smallest absolute Gasteiger partial charge is 0.407 e. The Morgan fingerprint density at radius 1 is 1.36 bits per heavy atom. The fraction of sp³-hybridized carbons (Fsp3) is 0.526. The molecule has 1 aliphatic heterocycles. The summed E-state index contributed by atoms with van der Waals surface area (Å²) in [6.45, 7) is 5.61. The maximum Gasteiger partial charge on any atom is 0.407 e. The molecule has 150 valence electrons. The predicted molar refractivity (Wildman–Crippen MR) is 105 cm³/mol. The van der Waals surface area contributed by atoms with Crippen molar-refractivity contribution in [2.24, 2.45) is 7.05 Å². The molecule has 1 amide bonds. The zero-order valence-corrected chi connectivity index (χ0v) is 16.5. The maximum atomic E-state index is 12.6. The van der Waals surface area contributed by atoms with Gasteiger partial charge in [-0.05, 0) is 32.3 Å². The lowest BCUT2D eigenvalue weighted by Crippen LogP contribution is -2.54. The van der Waals surface area contributed by atoms with E-state index >= 15 is 0 Å². The van der Waals surface area contributed by atoms with Crippen LogP contribution in [0.15, 0.2) is 29.5 Å². The highest BCUT2D eigenvalue weighted by Crippen LogP contribution is 2.34. The summed E-state index contributed by atoms with van der Waals surface area (Å²) in [5.41, 5.74) is 0.378. The number of carboxylic acid groups (broad SMARTS) is 1. The lowest BCUT2D eigenvalue weighted by atomic mass is 9.92. The molecule has 0 bridgehead atoms. The van der Waals surface area contributed by atoms with E-state index in [2.05, 4.69) is 15.0 Å². The Balaban J connectivity index is 2.02. The van der Waals surface area contributed by atoms with Crippen LogP contribution >= 0.6 is 0 Å². The Bertz CT molecular complexity index is 900. The van der Waals surface area contributed by atoms with Gasteiger partial charge in [0.05, 0.1) is 16.9 Å². The number of amides is 1. The molecular formula is C19H26N6O3. The van der Waals surface area contributed by atoms with Crippen molar-refractivity contribution in [3.63, 3.8) is 0 Å². The van der Waals surface area contributed by atoms with Crippen molar-refractivity contribution in [1.82, 2.24) is 24.4 Å². The zero-order chi connectivity index (χ0) is 20.3. The minimum absolute atomic E-state index is 0.191. The van der Waals surface area contributed by atoms with Crippen LogP contribution in [0.5, 0.6) is 0 Å². The van der Waals surface area contributed by atoms with Crippen LogP contribution in [0.3, 0.4) is 0 Å². The molecular weight excluding hydrogens is 360 g/mol. The van der Waals surface area contributed by atoms with Crippen LogP contribution in [-0.2, 0) is 7.05 Å². The summed E-state index contributed by atoms with van der Waals surface area (Å²) in [7, 11) is 1.68. The molecule has 1 atom stereocenters. The standard InChI is InChI=1S/C19H26N6O3/c1-4-19(8-6-10-25(19)18(27)28)12-24(5-2)17-22-15(11-16(26)23(17)3)14-7-9-20-13-21-14/h7,9,11,13H,4-6,8,10,12H2,1-3H3,(H,27,28)/t19-/m0/s1. The number of likely N-dealkylation sites (tertiary alicyclic amines) is 1. The molecule has 2 aromatic rings. The Kier molecular flexibility index (Phi) is 5.62. The highest BCUT2D eigenvalue weighted by atomic mass is 16.4. The van der Waals surface area contributed by atoms with Crippen LogP contribution in [0.4, 0.5) is 10.7 Å². The molecule has 0 radical (unpaired) electrons. The van der Waals surface area contributed by atoms with Gasteiger partial charge in [-0.15, -0.1) is 0 Å². The van der Waals surface area contributed by atoms with E-state index in [9.17, 15) is 14.7 Å². The average molecular weight is 386 g/mol. The molecule has 3 rings (SSSR count). The highest BCUT2D eigenvalue weighted by molar-refractivity contribution is 5.67. The third kappa shape index (κ3) is 3.56. The van der Waals surface area contributed by atoms with Gasteiger partial charge in [-0.1, -0.05) is 6.92 Å². The van der Waals surface area contributed by atoms with E-state index in [1.54, 1.807) is 24.2 Å². The second-order valence-electron chi connectivity index (χ2n) is 7.06. The number of anilines is 1. The van der Waals surface area contributed by atoms with E-state index in [-0.39, 0.29) is 5.56 Å². The van der Waals surface area contributed by atoms with Crippen LogP contribution in [0.1, 0.15) is 33.1 Å². The molecule has 0 aromatic carbocycles. The summed E-state index contributed by atoms with van der Waals surface area (Å²) in [6.07, 6.45) is 4.47. The molecule has 0 unspecified atom stereocenters. The third-order valence-corrected chi connectivity index (χ3v) is 5.59. The van der Waals surface area contributed by atoms with E-state index in [1.165, 1.54) is 17.0 Å². The monoisotopic (exact) mass is 386 g/mol. The Morgan fingerprint density at radius 3 is 2.75 bits per heavy atom. The molecule has 1 N–H and O–H groups in total. The van der Waals surface area contributed by atoms with E-state index in [4.69, 9.17) is 0 Å². The van der Waals surface area contributed by atoms with Crippen LogP contribution < -0.4 is 10.5 Å². The number of aromatic nitrogens is 4. The van der Waals surface area contributed by atoms with Gasteiger partial charge in [-0.2, -0.15) is 0 Å². The topological polar surface area (TPSA) is 104 Å². The van der Waals surface area contributed by atoms with Gasteiger partial charge in [0.15, 0.2) is 0 Å². The molecule has 2 aromatic heterocycles. The minimum atomic E-state index is -0.896. The highest BCUT2D eigenvalue weighted by Gasteiger charge is 2.43. The quantitative estimate of drug-likeness (QED) is 0.809. The van der Waals surface area contributed by atoms with E-state index in [1.807, 2.05) is 18.7 Å². The third-order valence-electron chi connectivity index (χ3n) is 5.59. The average Bonchev–Trinajstić information content (AvgIpc) is 3.13. The van der Waals surface area contributed by atoms with Crippen molar-refractivity contribution in [2.45, 2.75) is 38.6 Å². The van der Waals surface area contributed by atoms with Crippen molar-refractivity contribution in [1.29, 1.82) is 0 Å². The molecule has 9 heteroatoms. The summed E-state index contributed by atoms with van der Waals surface area (Å²) >= 11 is 0. The van der Waals surface area contributed by atoms with Crippen LogP contribution in [0.25, 0.3) is 11.4 Å². The number of likely N-dealkylation sites (N-methyl/N-ethyl adjacent to an activating group) is 1. The summed E-state index contributed by atoms with van der Waals surface area (Å²) in [5.74, 6) is 0.508. The lowest BCUT2D eigenvalue weighted by Gasteiger charge is -2.40. The van der Waals surface area contributed by atoms with E-state index in [0.717, 1.165) is 12.8 Å². The first-order valence-corrected chi connectivity index (χ1v) is 9.52. The fourth-order valence-corrected chi connectivity index (χ4v) is 3.94. The molecule has 0 spiro atoms. The number of hydrogen-bond acceptors (Lipinski definition) is 6. The van der Waals surface area contributed by atoms with Crippen molar-refractivity contribution < 1.29 is 9.90 Å². The SMILES string of the molecule is CCN(C[C@]1(CC)CCCN1C(=O)O)c1nc(-c2ccncn2)cc(=O)n1C. The first kappa shape index (κ1) is 19.8. The van der Waals surface area contributed by atoms with Gasteiger partial charge < -0.3 is 14.9 Å². The molecule has 3 heterocycles. The molecule has 9 nitrogen and oxygen atoms in total. The van der Waals surface area contributed by atoms with Gasteiger partial charge >= 0.3 is 6.09 Å². The summed E-state index contributed by atoms with van der Waals surface area (Å²) < 4.78 is 1.50. The zero-order valence-electron chi connectivity index (χ0n) is 16.5. The molecule has 1 saturated heterocycles.